The Hall–Kier alpha value is -3.77. The Morgan fingerprint density at radius 3 is 2.67 bits per heavy atom. The number of carbonyl (C=O) groups is 2. The minimum Gasteiger partial charge on any atom is -0.507 e. The van der Waals surface area contributed by atoms with Crippen molar-refractivity contribution in [1.82, 2.24) is 10.2 Å². The number of fused-ring (bicyclic) bond motifs is 1. The SMILES string of the molecule is COc1cc(C2/C(=C(\O)c3ccc4c(c3)CC(C)O4)C(=O)C(=O)N2c2nnc(SCc3ccc(Cl)cc3Cl)s2)ccc1OCCC(C)C. The van der Waals surface area contributed by atoms with Gasteiger partial charge in [0.1, 0.15) is 17.6 Å². The Morgan fingerprint density at radius 1 is 1.10 bits per heavy atom. The highest BCUT2D eigenvalue weighted by atomic mass is 35.5. The van der Waals surface area contributed by atoms with Gasteiger partial charge in [0.15, 0.2) is 15.8 Å². The van der Waals surface area contributed by atoms with Gasteiger partial charge in [-0.2, -0.15) is 0 Å². The number of aromatic nitrogens is 2. The number of nitrogens with zero attached hydrogens (tertiary/aromatic N) is 3. The molecule has 0 aliphatic carbocycles. The van der Waals surface area contributed by atoms with Crippen LogP contribution in [0.1, 0.15) is 55.5 Å². The van der Waals surface area contributed by atoms with E-state index in [0.717, 1.165) is 34.6 Å². The van der Waals surface area contributed by atoms with E-state index in [9.17, 15) is 14.7 Å². The molecule has 2 atom stereocenters. The van der Waals surface area contributed by atoms with E-state index in [0.29, 0.717) is 61.7 Å². The van der Waals surface area contributed by atoms with Gasteiger partial charge in [0.2, 0.25) is 5.13 Å². The van der Waals surface area contributed by atoms with Crippen molar-refractivity contribution in [2.75, 3.05) is 18.6 Å². The molecule has 1 saturated heterocycles. The molecule has 13 heteroatoms. The van der Waals surface area contributed by atoms with Crippen LogP contribution in [0.2, 0.25) is 10.0 Å². The lowest BCUT2D eigenvalue weighted by molar-refractivity contribution is -0.132. The lowest BCUT2D eigenvalue weighted by Crippen LogP contribution is -2.29. The minimum absolute atomic E-state index is 0.00287. The molecule has 0 saturated carbocycles. The zero-order valence-electron chi connectivity index (χ0n) is 26.7. The molecule has 1 N–H and O–H groups in total. The molecule has 9 nitrogen and oxygen atoms in total. The van der Waals surface area contributed by atoms with Gasteiger partial charge >= 0.3 is 5.91 Å². The van der Waals surface area contributed by atoms with E-state index in [2.05, 4.69) is 24.0 Å². The van der Waals surface area contributed by atoms with Crippen LogP contribution in [-0.4, -0.2) is 46.8 Å². The number of thioether (sulfide) groups is 1. The first-order valence-corrected chi connectivity index (χ1v) is 17.9. The summed E-state index contributed by atoms with van der Waals surface area (Å²) in [5.41, 5.74) is 2.64. The molecular weight excluding hydrogens is 693 g/mol. The van der Waals surface area contributed by atoms with Gasteiger partial charge in [-0.05, 0) is 78.4 Å². The van der Waals surface area contributed by atoms with Gasteiger partial charge in [0.05, 0.1) is 25.3 Å². The van der Waals surface area contributed by atoms with Crippen LogP contribution in [0.5, 0.6) is 17.2 Å². The van der Waals surface area contributed by atoms with Crippen LogP contribution in [0.25, 0.3) is 5.76 Å². The number of aliphatic hydroxyl groups is 1. The molecule has 0 radical (unpaired) electrons. The second-order valence-corrected chi connectivity index (χ2v) is 15.0. The predicted octanol–water partition coefficient (Wildman–Crippen LogP) is 8.52. The molecule has 0 bridgehead atoms. The minimum atomic E-state index is -1.02. The van der Waals surface area contributed by atoms with E-state index in [1.165, 1.54) is 23.8 Å². The first-order valence-electron chi connectivity index (χ1n) is 15.4. The highest BCUT2D eigenvalue weighted by molar-refractivity contribution is 8.00. The molecule has 0 spiro atoms. The monoisotopic (exact) mass is 725 g/mol. The van der Waals surface area contributed by atoms with Gasteiger partial charge in [-0.15, -0.1) is 10.2 Å². The van der Waals surface area contributed by atoms with E-state index >= 15 is 0 Å². The standard InChI is InChI=1S/C35H33Cl2N3O6S2/c1-18(2)11-12-45-27-10-6-20(15-28(27)44-4)30-29(31(41)21-7-9-26-23(14-21)13-19(3)46-26)32(42)33(43)40(30)34-38-39-35(48-34)47-17-22-5-8-24(36)16-25(22)37/h5-10,14-16,18-19,30,41H,11-13,17H2,1-4H3/b31-29+. The van der Waals surface area contributed by atoms with Crippen molar-refractivity contribution in [2.45, 2.75) is 55.9 Å². The van der Waals surface area contributed by atoms with Crippen LogP contribution in [0.3, 0.4) is 0 Å². The first-order chi connectivity index (χ1) is 23.0. The van der Waals surface area contributed by atoms with Crippen molar-refractivity contribution in [3.8, 4) is 17.2 Å². The van der Waals surface area contributed by atoms with Gasteiger partial charge < -0.3 is 19.3 Å². The fourth-order valence-electron chi connectivity index (χ4n) is 5.58. The van der Waals surface area contributed by atoms with Crippen molar-refractivity contribution in [3.63, 3.8) is 0 Å². The van der Waals surface area contributed by atoms with Crippen LogP contribution in [0, 0.1) is 5.92 Å². The average molecular weight is 727 g/mol. The van der Waals surface area contributed by atoms with E-state index in [1.54, 1.807) is 48.5 Å². The number of methoxy groups -OCH3 is 1. The lowest BCUT2D eigenvalue weighted by atomic mass is 9.94. The number of benzene rings is 3. The van der Waals surface area contributed by atoms with Gasteiger partial charge in [-0.3, -0.25) is 14.5 Å². The maximum atomic E-state index is 13.8. The molecule has 48 heavy (non-hydrogen) atoms. The Morgan fingerprint density at radius 2 is 1.92 bits per heavy atom. The number of hydrogen-bond donors (Lipinski definition) is 1. The molecule has 1 amide bonds. The number of ether oxygens (including phenoxy) is 3. The van der Waals surface area contributed by atoms with E-state index in [1.807, 2.05) is 13.0 Å². The summed E-state index contributed by atoms with van der Waals surface area (Å²) in [6.45, 7) is 6.70. The highest BCUT2D eigenvalue weighted by Crippen LogP contribution is 2.46. The van der Waals surface area contributed by atoms with Gasteiger partial charge in [0.25, 0.3) is 5.78 Å². The Kier molecular flexibility index (Phi) is 10.2. The summed E-state index contributed by atoms with van der Waals surface area (Å²) in [4.78, 5) is 28.9. The molecule has 3 heterocycles. The zero-order chi connectivity index (χ0) is 34.1. The third-order valence-corrected chi connectivity index (χ3v) is 10.7. The summed E-state index contributed by atoms with van der Waals surface area (Å²) < 4.78 is 18.1. The largest absolute Gasteiger partial charge is 0.507 e. The summed E-state index contributed by atoms with van der Waals surface area (Å²) in [5.74, 6) is 0.676. The summed E-state index contributed by atoms with van der Waals surface area (Å²) in [5, 5.41) is 21.6. The summed E-state index contributed by atoms with van der Waals surface area (Å²) in [6.07, 6.45) is 1.52. The average Bonchev–Trinajstić information content (AvgIpc) is 3.75. The van der Waals surface area contributed by atoms with Crippen molar-refractivity contribution < 1.29 is 28.9 Å². The molecule has 1 fully saturated rings. The Labute approximate surface area is 296 Å². The zero-order valence-corrected chi connectivity index (χ0v) is 29.8. The van der Waals surface area contributed by atoms with Crippen LogP contribution < -0.4 is 19.1 Å². The molecule has 1 aromatic heterocycles. The smallest absolute Gasteiger partial charge is 0.301 e. The Bertz CT molecular complexity index is 1910. The van der Waals surface area contributed by atoms with Gasteiger partial charge in [-0.1, -0.05) is 72.3 Å². The third-order valence-electron chi connectivity index (χ3n) is 8.04. The number of carbonyl (C=O) groups excluding carboxylic acids is 2. The van der Waals surface area contributed by atoms with Crippen molar-refractivity contribution in [1.29, 1.82) is 0 Å². The number of amides is 1. The molecule has 3 aromatic carbocycles. The topological polar surface area (TPSA) is 111 Å². The lowest BCUT2D eigenvalue weighted by Gasteiger charge is -2.23. The number of hydrogen-bond acceptors (Lipinski definition) is 10. The number of rotatable bonds is 11. The van der Waals surface area contributed by atoms with Gasteiger partial charge in [-0.25, -0.2) is 0 Å². The fraction of sp³-hybridized carbons (Fsp3) is 0.314. The second-order valence-electron chi connectivity index (χ2n) is 11.9. The van der Waals surface area contributed by atoms with Gasteiger partial charge in [0, 0.05) is 27.8 Å². The molecule has 2 aliphatic heterocycles. The number of ketones is 1. The number of anilines is 1. The summed E-state index contributed by atoms with van der Waals surface area (Å²) >= 11 is 15.0. The number of Topliss-reactive ketones (excluding diaryl/α,β-unsaturated/α-hetero) is 1. The third kappa shape index (κ3) is 7.01. The highest BCUT2D eigenvalue weighted by Gasteiger charge is 2.48. The number of aliphatic hydroxyl groups excluding tert-OH is 1. The van der Waals surface area contributed by atoms with Crippen LogP contribution in [-0.2, 0) is 21.8 Å². The van der Waals surface area contributed by atoms with Crippen molar-refractivity contribution >= 4 is 68.9 Å². The summed E-state index contributed by atoms with van der Waals surface area (Å²) in [7, 11) is 1.53. The fourth-order valence-corrected chi connectivity index (χ4v) is 8.01. The first kappa shape index (κ1) is 34.1. The second kappa shape index (κ2) is 14.4. The maximum absolute atomic E-state index is 13.8. The molecule has 2 unspecified atom stereocenters. The summed E-state index contributed by atoms with van der Waals surface area (Å²) in [6, 6.07) is 14.7. The van der Waals surface area contributed by atoms with E-state index < -0.39 is 17.7 Å². The molecular formula is C35H33Cl2N3O6S2. The van der Waals surface area contributed by atoms with Crippen LogP contribution >= 0.6 is 46.3 Å². The van der Waals surface area contributed by atoms with Crippen molar-refractivity contribution in [2.24, 2.45) is 5.92 Å². The van der Waals surface area contributed by atoms with Crippen molar-refractivity contribution in [3.05, 3.63) is 92.5 Å². The normalized spacial score (nSPS) is 18.4. The van der Waals surface area contributed by atoms with Crippen LogP contribution in [0.15, 0.2) is 64.5 Å². The molecule has 250 valence electrons. The van der Waals surface area contributed by atoms with Crippen LogP contribution in [0.4, 0.5) is 5.13 Å². The molecule has 2 aliphatic rings. The van der Waals surface area contributed by atoms with E-state index in [4.69, 9.17) is 37.4 Å². The molecule has 4 aromatic rings. The molecule has 6 rings (SSSR count). The predicted molar refractivity (Wildman–Crippen MR) is 189 cm³/mol. The maximum Gasteiger partial charge on any atom is 0.301 e. The quantitative estimate of drug-likeness (QED) is 0.0535. The van der Waals surface area contributed by atoms with E-state index in [-0.39, 0.29) is 22.6 Å². The Balaban J connectivity index is 1.39. The number of halogens is 2.